The van der Waals surface area contributed by atoms with E-state index < -0.39 is 23.8 Å². The molecule has 3 amide bonds. The molecule has 1 aliphatic heterocycles. The van der Waals surface area contributed by atoms with Gasteiger partial charge in [0.1, 0.15) is 11.8 Å². The van der Waals surface area contributed by atoms with Crippen molar-refractivity contribution < 1.29 is 19.1 Å². The standard InChI is InChI=1S/C25H22N4O4S/c1-33-20-14-8-11-18(15-20)26-22(30)16-21-24(32)28(19-12-6-3-7-13-19)25(34)29(21)27-23(31)17-9-4-2-5-10-17/h2-15,21H,16H2,1H3,(H,26,30)(H,27,31). The Kier molecular flexibility index (Phi) is 6.84. The first-order valence-corrected chi connectivity index (χ1v) is 10.9. The maximum Gasteiger partial charge on any atom is 0.269 e. The minimum Gasteiger partial charge on any atom is -0.497 e. The lowest BCUT2D eigenvalue weighted by Crippen LogP contribution is -2.49. The molecule has 1 fully saturated rings. The van der Waals surface area contributed by atoms with Gasteiger partial charge in [0.25, 0.3) is 11.8 Å². The fourth-order valence-electron chi connectivity index (χ4n) is 3.57. The van der Waals surface area contributed by atoms with Crippen molar-refractivity contribution in [2.45, 2.75) is 12.5 Å². The van der Waals surface area contributed by atoms with Crippen LogP contribution in [0.25, 0.3) is 0 Å². The van der Waals surface area contributed by atoms with E-state index in [1.165, 1.54) is 17.0 Å². The van der Waals surface area contributed by atoms with Gasteiger partial charge in [-0.05, 0) is 48.6 Å². The Balaban J connectivity index is 1.58. The van der Waals surface area contributed by atoms with Crippen LogP contribution in [0.15, 0.2) is 84.9 Å². The topological polar surface area (TPSA) is 91.0 Å². The molecule has 1 aliphatic rings. The monoisotopic (exact) mass is 474 g/mol. The van der Waals surface area contributed by atoms with Gasteiger partial charge in [-0.2, -0.15) is 0 Å². The Hall–Kier alpha value is -4.24. The van der Waals surface area contributed by atoms with E-state index in [1.54, 1.807) is 78.9 Å². The van der Waals surface area contributed by atoms with Crippen LogP contribution in [0.4, 0.5) is 11.4 Å². The molecule has 0 bridgehead atoms. The number of anilines is 2. The van der Waals surface area contributed by atoms with Gasteiger partial charge in [0.15, 0.2) is 0 Å². The molecule has 0 aliphatic carbocycles. The quantitative estimate of drug-likeness (QED) is 0.511. The molecule has 3 aromatic carbocycles. The van der Waals surface area contributed by atoms with E-state index in [4.69, 9.17) is 17.0 Å². The van der Waals surface area contributed by atoms with Gasteiger partial charge >= 0.3 is 0 Å². The molecule has 0 radical (unpaired) electrons. The summed E-state index contributed by atoms with van der Waals surface area (Å²) < 4.78 is 5.18. The van der Waals surface area contributed by atoms with E-state index in [0.29, 0.717) is 22.7 Å². The van der Waals surface area contributed by atoms with Crippen molar-refractivity contribution in [3.63, 3.8) is 0 Å². The second-order valence-electron chi connectivity index (χ2n) is 7.47. The number of amides is 3. The highest BCUT2D eigenvalue weighted by molar-refractivity contribution is 7.80. The van der Waals surface area contributed by atoms with Crippen molar-refractivity contribution in [2.24, 2.45) is 0 Å². The summed E-state index contributed by atoms with van der Waals surface area (Å²) in [6, 6.07) is 23.3. The lowest BCUT2D eigenvalue weighted by Gasteiger charge is -2.24. The highest BCUT2D eigenvalue weighted by Crippen LogP contribution is 2.26. The van der Waals surface area contributed by atoms with Crippen LogP contribution in [-0.4, -0.2) is 41.0 Å². The van der Waals surface area contributed by atoms with Crippen molar-refractivity contribution in [1.82, 2.24) is 10.4 Å². The molecule has 0 aromatic heterocycles. The number of hydrogen-bond acceptors (Lipinski definition) is 5. The summed E-state index contributed by atoms with van der Waals surface area (Å²) in [4.78, 5) is 40.4. The molecule has 1 heterocycles. The summed E-state index contributed by atoms with van der Waals surface area (Å²) in [5.74, 6) is -0.680. The Labute approximate surface area is 202 Å². The predicted octanol–water partition coefficient (Wildman–Crippen LogP) is 3.37. The minimum atomic E-state index is -1.02. The largest absolute Gasteiger partial charge is 0.497 e. The van der Waals surface area contributed by atoms with Crippen molar-refractivity contribution >= 4 is 46.4 Å². The van der Waals surface area contributed by atoms with Crippen molar-refractivity contribution in [3.05, 3.63) is 90.5 Å². The number of benzene rings is 3. The number of carbonyl (C=O) groups excluding carboxylic acids is 3. The first-order valence-electron chi connectivity index (χ1n) is 10.5. The van der Waals surface area contributed by atoms with Crippen LogP contribution in [0.1, 0.15) is 16.8 Å². The predicted molar refractivity (Wildman–Crippen MR) is 132 cm³/mol. The van der Waals surface area contributed by atoms with Gasteiger partial charge in [0.2, 0.25) is 11.0 Å². The Morgan fingerprint density at radius 1 is 0.971 bits per heavy atom. The SMILES string of the molecule is COc1cccc(NC(=O)CC2C(=O)N(c3ccccc3)C(=S)N2NC(=O)c2ccccc2)c1. The third kappa shape index (κ3) is 4.89. The third-order valence-corrected chi connectivity index (χ3v) is 5.60. The minimum absolute atomic E-state index is 0.0830. The maximum absolute atomic E-state index is 13.4. The van der Waals surface area contributed by atoms with Gasteiger partial charge in [0, 0.05) is 17.3 Å². The summed E-state index contributed by atoms with van der Waals surface area (Å²) in [6.07, 6.45) is -0.228. The van der Waals surface area contributed by atoms with Crippen LogP contribution in [-0.2, 0) is 9.59 Å². The van der Waals surface area contributed by atoms with Gasteiger partial charge in [-0.25, -0.2) is 5.01 Å². The van der Waals surface area contributed by atoms with Crippen molar-refractivity contribution in [3.8, 4) is 5.75 Å². The Morgan fingerprint density at radius 2 is 1.65 bits per heavy atom. The molecule has 0 saturated carbocycles. The Morgan fingerprint density at radius 3 is 2.32 bits per heavy atom. The van der Waals surface area contributed by atoms with Crippen molar-refractivity contribution in [2.75, 3.05) is 17.3 Å². The summed E-state index contributed by atoms with van der Waals surface area (Å²) >= 11 is 5.55. The lowest BCUT2D eigenvalue weighted by atomic mass is 10.1. The van der Waals surface area contributed by atoms with Crippen LogP contribution in [0.2, 0.25) is 0 Å². The summed E-state index contributed by atoms with van der Waals surface area (Å²) in [7, 11) is 1.53. The highest BCUT2D eigenvalue weighted by Gasteiger charge is 2.45. The summed E-state index contributed by atoms with van der Waals surface area (Å²) in [5.41, 5.74) is 4.18. The molecule has 3 aromatic rings. The van der Waals surface area contributed by atoms with E-state index in [2.05, 4.69) is 10.7 Å². The van der Waals surface area contributed by atoms with Crippen LogP contribution < -0.4 is 20.4 Å². The number of rotatable bonds is 7. The fraction of sp³-hybridized carbons (Fsp3) is 0.120. The zero-order chi connectivity index (χ0) is 24.1. The molecule has 0 spiro atoms. The average Bonchev–Trinajstić information content (AvgIpc) is 3.09. The molecule has 172 valence electrons. The Bertz CT molecular complexity index is 1220. The molecule has 1 atom stereocenters. The van der Waals surface area contributed by atoms with Crippen LogP contribution >= 0.6 is 12.2 Å². The number of nitrogens with zero attached hydrogens (tertiary/aromatic N) is 2. The van der Waals surface area contributed by atoms with E-state index in [9.17, 15) is 14.4 Å². The maximum atomic E-state index is 13.4. The number of thiocarbonyl (C=S) groups is 1. The molecule has 1 unspecified atom stereocenters. The fourth-order valence-corrected chi connectivity index (χ4v) is 3.93. The molecule has 1 saturated heterocycles. The first-order chi connectivity index (χ1) is 16.5. The number of carbonyl (C=O) groups is 3. The molecule has 34 heavy (non-hydrogen) atoms. The average molecular weight is 475 g/mol. The van der Waals surface area contributed by atoms with Gasteiger partial charge < -0.3 is 10.1 Å². The molecule has 8 nitrogen and oxygen atoms in total. The highest BCUT2D eigenvalue weighted by atomic mass is 32.1. The molecule has 4 rings (SSSR count). The van der Waals surface area contributed by atoms with E-state index in [1.807, 2.05) is 6.07 Å². The third-order valence-electron chi connectivity index (χ3n) is 5.22. The molecular weight excluding hydrogens is 452 g/mol. The molecule has 2 N–H and O–H groups in total. The number of para-hydroxylation sites is 1. The van der Waals surface area contributed by atoms with E-state index >= 15 is 0 Å². The number of hydrogen-bond donors (Lipinski definition) is 2. The first kappa shape index (κ1) is 22.9. The van der Waals surface area contributed by atoms with E-state index in [0.717, 1.165) is 0 Å². The normalized spacial score (nSPS) is 15.3. The number of methoxy groups -OCH3 is 1. The van der Waals surface area contributed by atoms with Crippen LogP contribution in [0.3, 0.4) is 0 Å². The van der Waals surface area contributed by atoms with Gasteiger partial charge in [-0.15, -0.1) is 0 Å². The summed E-state index contributed by atoms with van der Waals surface area (Å²) in [6.45, 7) is 0. The number of hydrazine groups is 1. The zero-order valence-corrected chi connectivity index (χ0v) is 19.1. The van der Waals surface area contributed by atoms with Crippen molar-refractivity contribution in [1.29, 1.82) is 0 Å². The molecule has 9 heteroatoms. The van der Waals surface area contributed by atoms with Gasteiger partial charge in [0.05, 0.1) is 19.2 Å². The number of ether oxygens (including phenoxy) is 1. The van der Waals surface area contributed by atoms with E-state index in [-0.39, 0.29) is 11.5 Å². The molecular formula is C25H22N4O4S. The van der Waals surface area contributed by atoms with Gasteiger partial charge in [-0.3, -0.25) is 24.7 Å². The van der Waals surface area contributed by atoms with Crippen LogP contribution in [0, 0.1) is 0 Å². The number of nitrogens with one attached hydrogen (secondary N) is 2. The second-order valence-corrected chi connectivity index (χ2v) is 7.83. The second kappa shape index (κ2) is 10.1. The lowest BCUT2D eigenvalue weighted by molar-refractivity contribution is -0.124. The van der Waals surface area contributed by atoms with Gasteiger partial charge in [-0.1, -0.05) is 42.5 Å². The van der Waals surface area contributed by atoms with Crippen LogP contribution in [0.5, 0.6) is 5.75 Å². The smallest absolute Gasteiger partial charge is 0.269 e. The summed E-state index contributed by atoms with van der Waals surface area (Å²) in [5, 5.41) is 4.13. The zero-order valence-electron chi connectivity index (χ0n) is 18.3.